The van der Waals surface area contributed by atoms with Gasteiger partial charge in [-0.2, -0.15) is 5.10 Å². The number of phenols is 1. The Balaban J connectivity index is 1.55. The third kappa shape index (κ3) is 4.24. The van der Waals surface area contributed by atoms with Crippen LogP contribution in [0.5, 0.6) is 11.5 Å². The number of carbonyl (C=O) groups is 1. The minimum absolute atomic E-state index is 0.0276. The van der Waals surface area contributed by atoms with Gasteiger partial charge in [-0.25, -0.2) is 0 Å². The van der Waals surface area contributed by atoms with Crippen LogP contribution in [0, 0.1) is 0 Å². The van der Waals surface area contributed by atoms with Crippen molar-refractivity contribution < 1.29 is 14.6 Å². The van der Waals surface area contributed by atoms with Crippen LogP contribution in [0.2, 0.25) is 0 Å². The van der Waals surface area contributed by atoms with Crippen LogP contribution in [-0.4, -0.2) is 39.8 Å². The molecule has 1 atom stereocenters. The normalized spacial score (nSPS) is 15.3. The first-order valence-corrected chi connectivity index (χ1v) is 12.2. The summed E-state index contributed by atoms with van der Waals surface area (Å²) in [7, 11) is 1.65. The van der Waals surface area contributed by atoms with Gasteiger partial charge >= 0.3 is 0 Å². The Hall–Kier alpha value is -4.06. The lowest BCUT2D eigenvalue weighted by molar-refractivity contribution is 0.0746. The molecule has 1 amide bonds. The second-order valence-electron chi connectivity index (χ2n) is 10.2. The third-order valence-corrected chi connectivity index (χ3v) is 6.92. The molecule has 0 fully saturated rings. The van der Waals surface area contributed by atoms with E-state index < -0.39 is 0 Å². The van der Waals surface area contributed by atoms with Gasteiger partial charge in [0.25, 0.3) is 5.91 Å². The monoisotopic (exact) mass is 481 g/mol. The molecule has 0 unspecified atom stereocenters. The number of aromatic amines is 1. The molecule has 3 aromatic carbocycles. The van der Waals surface area contributed by atoms with Crippen molar-refractivity contribution in [2.45, 2.75) is 38.6 Å². The fraction of sp³-hybridized carbons (Fsp3) is 0.267. The Kier molecular flexibility index (Phi) is 6.04. The summed E-state index contributed by atoms with van der Waals surface area (Å²) in [5, 5.41) is 18.0. The number of fused-ring (bicyclic) bond motifs is 1. The van der Waals surface area contributed by atoms with Crippen LogP contribution in [0.3, 0.4) is 0 Å². The molecule has 0 radical (unpaired) electrons. The number of nitrogens with one attached hydrogen (secondary N) is 1. The minimum atomic E-state index is -0.312. The van der Waals surface area contributed by atoms with Crippen LogP contribution >= 0.6 is 0 Å². The van der Waals surface area contributed by atoms with Gasteiger partial charge in [0.05, 0.1) is 13.2 Å². The van der Waals surface area contributed by atoms with Crippen molar-refractivity contribution in [2.24, 2.45) is 0 Å². The summed E-state index contributed by atoms with van der Waals surface area (Å²) < 4.78 is 5.27. The van der Waals surface area contributed by atoms with Crippen molar-refractivity contribution in [3.05, 3.63) is 101 Å². The van der Waals surface area contributed by atoms with E-state index in [0.717, 1.165) is 22.4 Å². The van der Waals surface area contributed by atoms with Gasteiger partial charge in [0, 0.05) is 17.7 Å². The summed E-state index contributed by atoms with van der Waals surface area (Å²) in [4.78, 5) is 15.5. The average molecular weight is 482 g/mol. The third-order valence-electron chi connectivity index (χ3n) is 6.92. The molecule has 1 aliphatic heterocycles. The maximum atomic E-state index is 13.6. The second-order valence-corrected chi connectivity index (χ2v) is 10.2. The van der Waals surface area contributed by atoms with Gasteiger partial charge in [-0.3, -0.25) is 9.89 Å². The molecule has 0 bridgehead atoms. The van der Waals surface area contributed by atoms with Gasteiger partial charge in [0.15, 0.2) is 0 Å². The lowest BCUT2D eigenvalue weighted by Gasteiger charge is -2.27. The zero-order valence-electron chi connectivity index (χ0n) is 21.1. The number of hydrogen-bond donors (Lipinski definition) is 2. The summed E-state index contributed by atoms with van der Waals surface area (Å²) >= 11 is 0. The number of nitrogens with zero attached hydrogens (tertiary/aromatic N) is 2. The highest BCUT2D eigenvalue weighted by molar-refractivity contribution is 6.00. The van der Waals surface area contributed by atoms with E-state index in [4.69, 9.17) is 4.74 Å². The van der Waals surface area contributed by atoms with Crippen molar-refractivity contribution in [1.29, 1.82) is 0 Å². The fourth-order valence-electron chi connectivity index (χ4n) is 4.86. The molecule has 1 aromatic heterocycles. The van der Waals surface area contributed by atoms with E-state index in [0.29, 0.717) is 29.9 Å². The molecule has 5 rings (SSSR count). The van der Waals surface area contributed by atoms with Gasteiger partial charge in [0.2, 0.25) is 0 Å². The number of aromatic nitrogens is 2. The van der Waals surface area contributed by atoms with Crippen molar-refractivity contribution in [3.63, 3.8) is 0 Å². The molecule has 1 aliphatic rings. The van der Waals surface area contributed by atoms with Crippen molar-refractivity contribution in [2.75, 3.05) is 13.7 Å². The largest absolute Gasteiger partial charge is 0.507 e. The Morgan fingerprint density at radius 3 is 2.33 bits per heavy atom. The Bertz CT molecular complexity index is 1380. The summed E-state index contributed by atoms with van der Waals surface area (Å²) in [6.45, 7) is 7.10. The van der Waals surface area contributed by atoms with Crippen LogP contribution in [0.1, 0.15) is 59.6 Å². The second kappa shape index (κ2) is 9.19. The van der Waals surface area contributed by atoms with Crippen LogP contribution in [0.25, 0.3) is 11.3 Å². The van der Waals surface area contributed by atoms with E-state index in [1.54, 1.807) is 19.2 Å². The SMILES string of the molecule is COc1ccc(CCN2C(=O)c3[nH]nc(-c4ccccc4O)c3[C@H]2c2ccc(C(C)(C)C)cc2)cc1. The van der Waals surface area contributed by atoms with Crippen LogP contribution < -0.4 is 4.74 Å². The van der Waals surface area contributed by atoms with Gasteiger partial charge in [0.1, 0.15) is 22.9 Å². The molecule has 6 heteroatoms. The van der Waals surface area contributed by atoms with Crippen molar-refractivity contribution in [3.8, 4) is 22.8 Å². The number of hydrogen-bond acceptors (Lipinski definition) is 4. The predicted molar refractivity (Wildman–Crippen MR) is 140 cm³/mol. The molecule has 4 aromatic rings. The molecule has 0 spiro atoms. The first kappa shape index (κ1) is 23.7. The number of rotatable bonds is 6. The van der Waals surface area contributed by atoms with Crippen molar-refractivity contribution >= 4 is 5.91 Å². The number of carbonyl (C=O) groups excluding carboxylic acids is 1. The molecule has 2 heterocycles. The molecule has 2 N–H and O–H groups in total. The summed E-state index contributed by atoms with van der Waals surface area (Å²) in [6.07, 6.45) is 0.704. The Morgan fingerprint density at radius 2 is 1.69 bits per heavy atom. The quantitative estimate of drug-likeness (QED) is 0.361. The lowest BCUT2D eigenvalue weighted by Crippen LogP contribution is -2.31. The number of H-pyrrole nitrogens is 1. The average Bonchev–Trinajstić information content (AvgIpc) is 3.41. The smallest absolute Gasteiger partial charge is 0.273 e. The summed E-state index contributed by atoms with van der Waals surface area (Å²) in [5.41, 5.74) is 5.90. The molecule has 6 nitrogen and oxygen atoms in total. The summed E-state index contributed by atoms with van der Waals surface area (Å²) in [5.74, 6) is 0.858. The molecule has 0 saturated carbocycles. The maximum absolute atomic E-state index is 13.6. The van der Waals surface area contributed by atoms with Gasteiger partial charge in [-0.15, -0.1) is 0 Å². The van der Waals surface area contributed by atoms with Gasteiger partial charge in [-0.1, -0.05) is 69.3 Å². The summed E-state index contributed by atoms with van der Waals surface area (Å²) in [6, 6.07) is 23.2. The van der Waals surface area contributed by atoms with E-state index in [9.17, 15) is 9.90 Å². The molecule has 36 heavy (non-hydrogen) atoms. The Labute approximate surface area is 211 Å². The number of amides is 1. The standard InChI is InChI=1S/C30H31N3O3/c1-30(2,3)21-13-11-20(12-14-21)28-25-26(23-7-5-6-8-24(23)34)31-32-27(25)29(35)33(28)18-17-19-9-15-22(36-4)16-10-19/h5-16,28,34H,17-18H2,1-4H3,(H,31,32)/t28-/m1/s1. The van der Waals surface area contributed by atoms with E-state index >= 15 is 0 Å². The van der Waals surface area contributed by atoms with Crippen LogP contribution in [-0.2, 0) is 11.8 Å². The number of ether oxygens (including phenoxy) is 1. The fourth-order valence-corrected chi connectivity index (χ4v) is 4.86. The zero-order chi connectivity index (χ0) is 25.4. The minimum Gasteiger partial charge on any atom is -0.507 e. The van der Waals surface area contributed by atoms with Crippen LogP contribution in [0.15, 0.2) is 72.8 Å². The zero-order valence-corrected chi connectivity index (χ0v) is 21.1. The number of methoxy groups -OCH3 is 1. The van der Waals surface area contributed by atoms with Gasteiger partial charge in [-0.05, 0) is 52.8 Å². The Morgan fingerprint density at radius 1 is 1.00 bits per heavy atom. The number of aromatic hydroxyl groups is 1. The molecule has 0 saturated heterocycles. The first-order valence-electron chi connectivity index (χ1n) is 12.2. The molecule has 184 valence electrons. The molecule has 0 aliphatic carbocycles. The maximum Gasteiger partial charge on any atom is 0.273 e. The molecular weight excluding hydrogens is 450 g/mol. The van der Waals surface area contributed by atoms with E-state index in [1.165, 1.54) is 5.56 Å². The van der Waals surface area contributed by atoms with E-state index in [1.807, 2.05) is 41.3 Å². The highest BCUT2D eigenvalue weighted by Crippen LogP contribution is 2.44. The highest BCUT2D eigenvalue weighted by Gasteiger charge is 2.42. The number of benzene rings is 3. The van der Waals surface area contributed by atoms with Gasteiger partial charge < -0.3 is 14.7 Å². The van der Waals surface area contributed by atoms with E-state index in [2.05, 4.69) is 55.2 Å². The highest BCUT2D eigenvalue weighted by atomic mass is 16.5. The van der Waals surface area contributed by atoms with Crippen LogP contribution in [0.4, 0.5) is 0 Å². The first-order chi connectivity index (χ1) is 17.3. The van der Waals surface area contributed by atoms with Crippen molar-refractivity contribution in [1.82, 2.24) is 15.1 Å². The number of phenolic OH excluding ortho intramolecular Hbond substituents is 1. The lowest BCUT2D eigenvalue weighted by atomic mass is 9.85. The van der Waals surface area contributed by atoms with E-state index in [-0.39, 0.29) is 23.1 Å². The predicted octanol–water partition coefficient (Wildman–Crippen LogP) is 5.88. The number of para-hydroxylation sites is 1. The molecular formula is C30H31N3O3. The topological polar surface area (TPSA) is 78.5 Å².